The predicted octanol–water partition coefficient (Wildman–Crippen LogP) is 3.03. The van der Waals surface area contributed by atoms with Crippen LogP contribution in [-0.4, -0.2) is 46.4 Å². The van der Waals surface area contributed by atoms with Gasteiger partial charge in [-0.15, -0.1) is 16.8 Å². The fourth-order valence-corrected chi connectivity index (χ4v) is 3.70. The van der Waals surface area contributed by atoms with E-state index in [4.69, 9.17) is 5.73 Å². The third kappa shape index (κ3) is 5.32. The van der Waals surface area contributed by atoms with Crippen molar-refractivity contribution in [3.8, 4) is 11.4 Å². The largest absolute Gasteiger partial charge is 0.378 e. The van der Waals surface area contributed by atoms with Crippen LogP contribution in [0.2, 0.25) is 0 Å². The molecular formula is C22H24N6O2S. The fraction of sp³-hybridized carbons (Fsp3) is 0.182. The summed E-state index contributed by atoms with van der Waals surface area (Å²) < 4.78 is 1.91. The maximum atomic E-state index is 12.5. The van der Waals surface area contributed by atoms with Crippen molar-refractivity contribution in [2.45, 2.75) is 11.7 Å². The monoisotopic (exact) mass is 436 g/mol. The molecule has 0 saturated carbocycles. The first-order valence-corrected chi connectivity index (χ1v) is 10.5. The highest BCUT2D eigenvalue weighted by atomic mass is 32.2. The predicted molar refractivity (Wildman–Crippen MR) is 124 cm³/mol. The molecule has 0 spiro atoms. The van der Waals surface area contributed by atoms with Crippen LogP contribution in [-0.2, 0) is 11.3 Å². The van der Waals surface area contributed by atoms with Crippen LogP contribution in [0, 0.1) is 0 Å². The van der Waals surface area contributed by atoms with Crippen molar-refractivity contribution < 1.29 is 9.59 Å². The summed E-state index contributed by atoms with van der Waals surface area (Å²) >= 11 is 1.26. The van der Waals surface area contributed by atoms with E-state index in [0.29, 0.717) is 23.2 Å². The highest BCUT2D eigenvalue weighted by Gasteiger charge is 2.16. The molecule has 3 rings (SSSR count). The zero-order chi connectivity index (χ0) is 22.4. The molecule has 0 aliphatic rings. The summed E-state index contributed by atoms with van der Waals surface area (Å²) in [4.78, 5) is 26.0. The number of amides is 2. The van der Waals surface area contributed by atoms with Crippen molar-refractivity contribution in [1.82, 2.24) is 14.8 Å². The number of rotatable bonds is 9. The number of nitrogens with one attached hydrogen (secondary N) is 1. The van der Waals surface area contributed by atoms with Gasteiger partial charge in [0, 0.05) is 31.9 Å². The molecule has 8 nitrogen and oxygen atoms in total. The van der Waals surface area contributed by atoms with Gasteiger partial charge in [0.25, 0.3) is 5.91 Å². The van der Waals surface area contributed by atoms with Crippen LogP contribution in [0.15, 0.2) is 66.3 Å². The minimum atomic E-state index is -0.598. The molecule has 0 radical (unpaired) electrons. The summed E-state index contributed by atoms with van der Waals surface area (Å²) in [6.07, 6.45) is 1.76. The van der Waals surface area contributed by atoms with Gasteiger partial charge in [-0.1, -0.05) is 42.1 Å². The van der Waals surface area contributed by atoms with Crippen molar-refractivity contribution in [2.75, 3.05) is 30.1 Å². The third-order valence-corrected chi connectivity index (χ3v) is 5.42. The number of primary amides is 1. The van der Waals surface area contributed by atoms with Crippen molar-refractivity contribution in [2.24, 2.45) is 5.73 Å². The molecule has 31 heavy (non-hydrogen) atoms. The average molecular weight is 437 g/mol. The van der Waals surface area contributed by atoms with Crippen LogP contribution >= 0.6 is 11.8 Å². The second kappa shape index (κ2) is 9.94. The number of aromatic nitrogens is 3. The van der Waals surface area contributed by atoms with Crippen LogP contribution < -0.4 is 16.0 Å². The molecule has 9 heteroatoms. The van der Waals surface area contributed by atoms with E-state index in [1.807, 2.05) is 47.8 Å². The van der Waals surface area contributed by atoms with E-state index in [9.17, 15) is 9.59 Å². The van der Waals surface area contributed by atoms with Gasteiger partial charge in [-0.3, -0.25) is 14.2 Å². The lowest BCUT2D eigenvalue weighted by Crippen LogP contribution is -2.19. The highest BCUT2D eigenvalue weighted by molar-refractivity contribution is 7.99. The summed E-state index contributed by atoms with van der Waals surface area (Å²) in [7, 11) is 3.95. The van der Waals surface area contributed by atoms with E-state index < -0.39 is 5.91 Å². The number of carbonyl (C=O) groups is 2. The number of hydrogen-bond acceptors (Lipinski definition) is 6. The molecule has 0 fully saturated rings. The minimum absolute atomic E-state index is 0.0973. The topological polar surface area (TPSA) is 106 Å². The van der Waals surface area contributed by atoms with Gasteiger partial charge >= 0.3 is 0 Å². The molecule has 3 aromatic rings. The number of benzene rings is 2. The van der Waals surface area contributed by atoms with Crippen LogP contribution in [0.3, 0.4) is 0 Å². The molecule has 0 aliphatic heterocycles. The molecular weight excluding hydrogens is 412 g/mol. The lowest BCUT2D eigenvalue weighted by molar-refractivity contribution is -0.113. The molecule has 2 amide bonds. The summed E-state index contributed by atoms with van der Waals surface area (Å²) in [6.45, 7) is 4.32. The molecule has 0 unspecified atom stereocenters. The molecule has 3 N–H and O–H groups in total. The van der Waals surface area contributed by atoms with Crippen LogP contribution in [0.5, 0.6) is 0 Å². The van der Waals surface area contributed by atoms with Gasteiger partial charge < -0.3 is 16.0 Å². The van der Waals surface area contributed by atoms with Crippen molar-refractivity contribution in [1.29, 1.82) is 0 Å². The first-order valence-electron chi connectivity index (χ1n) is 9.54. The molecule has 2 aromatic carbocycles. The SMILES string of the molecule is C=CCn1c(SCC(=O)Nc2ccccc2C(N)=O)nnc1-c1cccc(N(C)C)c1. The fourth-order valence-electron chi connectivity index (χ4n) is 2.95. The van der Waals surface area contributed by atoms with E-state index in [-0.39, 0.29) is 17.2 Å². The lowest BCUT2D eigenvalue weighted by Gasteiger charge is -2.14. The van der Waals surface area contributed by atoms with E-state index in [2.05, 4.69) is 22.1 Å². The molecule has 0 atom stereocenters. The summed E-state index contributed by atoms with van der Waals surface area (Å²) in [5, 5.41) is 11.9. The van der Waals surface area contributed by atoms with Crippen molar-refractivity contribution in [3.63, 3.8) is 0 Å². The van der Waals surface area contributed by atoms with E-state index >= 15 is 0 Å². The lowest BCUT2D eigenvalue weighted by atomic mass is 10.1. The Morgan fingerprint density at radius 1 is 1.19 bits per heavy atom. The van der Waals surface area contributed by atoms with Gasteiger partial charge in [0.15, 0.2) is 11.0 Å². The maximum absolute atomic E-state index is 12.5. The van der Waals surface area contributed by atoms with Crippen LogP contribution in [0.25, 0.3) is 11.4 Å². The number of thioether (sulfide) groups is 1. The first-order chi connectivity index (χ1) is 14.9. The smallest absolute Gasteiger partial charge is 0.250 e. The van der Waals surface area contributed by atoms with Gasteiger partial charge in [-0.25, -0.2) is 0 Å². The first kappa shape index (κ1) is 22.1. The number of carbonyl (C=O) groups excluding carboxylic acids is 2. The van der Waals surface area contributed by atoms with E-state index in [1.54, 1.807) is 30.3 Å². The standard InChI is InChI=1S/C22H24N6O2S/c1-4-12-28-21(15-8-7-9-16(13-15)27(2)3)25-26-22(28)31-14-19(29)24-18-11-6-5-10-17(18)20(23)30/h4-11,13H,1,12,14H2,2-3H3,(H2,23,30)(H,24,29). The van der Waals surface area contributed by atoms with Crippen molar-refractivity contribution >= 4 is 35.0 Å². The quantitative estimate of drug-likeness (QED) is 0.394. The normalized spacial score (nSPS) is 10.5. The Balaban J connectivity index is 1.77. The Labute approximate surface area is 185 Å². The highest BCUT2D eigenvalue weighted by Crippen LogP contribution is 2.27. The van der Waals surface area contributed by atoms with E-state index in [0.717, 1.165) is 11.3 Å². The maximum Gasteiger partial charge on any atom is 0.250 e. The second-order valence-corrected chi connectivity index (χ2v) is 7.84. The second-order valence-electron chi connectivity index (χ2n) is 6.90. The Hall–Kier alpha value is -3.59. The molecule has 0 saturated heterocycles. The van der Waals surface area contributed by atoms with Crippen molar-refractivity contribution in [3.05, 3.63) is 66.7 Å². The molecule has 0 bridgehead atoms. The Morgan fingerprint density at radius 2 is 1.97 bits per heavy atom. The zero-order valence-electron chi connectivity index (χ0n) is 17.4. The van der Waals surface area contributed by atoms with Gasteiger partial charge in [-0.05, 0) is 24.3 Å². The summed E-state index contributed by atoms with van der Waals surface area (Å²) in [5.74, 6) is -0.0763. The Kier molecular flexibility index (Phi) is 7.09. The van der Waals surface area contributed by atoms with Crippen LogP contribution in [0.1, 0.15) is 10.4 Å². The Morgan fingerprint density at radius 3 is 2.68 bits per heavy atom. The average Bonchev–Trinajstić information content (AvgIpc) is 3.15. The van der Waals surface area contributed by atoms with Gasteiger partial charge in [-0.2, -0.15) is 0 Å². The minimum Gasteiger partial charge on any atom is -0.378 e. The number of para-hydroxylation sites is 1. The molecule has 1 aromatic heterocycles. The molecule has 160 valence electrons. The number of nitrogens with two attached hydrogens (primary N) is 1. The van der Waals surface area contributed by atoms with Crippen LogP contribution in [0.4, 0.5) is 11.4 Å². The summed E-state index contributed by atoms with van der Waals surface area (Å²) in [5.41, 5.74) is 7.98. The number of hydrogen-bond donors (Lipinski definition) is 2. The van der Waals surface area contributed by atoms with Gasteiger partial charge in [0.05, 0.1) is 17.0 Å². The zero-order valence-corrected chi connectivity index (χ0v) is 18.2. The summed E-state index contributed by atoms with van der Waals surface area (Å²) in [6, 6.07) is 14.6. The van der Waals surface area contributed by atoms with E-state index in [1.165, 1.54) is 11.8 Å². The third-order valence-electron chi connectivity index (χ3n) is 4.45. The number of allylic oxidation sites excluding steroid dienone is 1. The Bertz CT molecular complexity index is 1110. The number of anilines is 2. The molecule has 0 aliphatic carbocycles. The van der Waals surface area contributed by atoms with Gasteiger partial charge in [0.1, 0.15) is 0 Å². The van der Waals surface area contributed by atoms with Gasteiger partial charge in [0.2, 0.25) is 5.91 Å². The number of nitrogens with zero attached hydrogens (tertiary/aromatic N) is 4. The molecule has 1 heterocycles.